The predicted molar refractivity (Wildman–Crippen MR) is 114 cm³/mol. The summed E-state index contributed by atoms with van der Waals surface area (Å²) in [6.07, 6.45) is 4.01. The Hall–Kier alpha value is -2.37. The van der Waals surface area contributed by atoms with Crippen molar-refractivity contribution < 1.29 is 14.4 Å². The number of carbonyl (C=O) groups excluding carboxylic acids is 3. The van der Waals surface area contributed by atoms with E-state index in [-0.39, 0.29) is 29.7 Å². The minimum absolute atomic E-state index is 0.00388. The fraction of sp³-hybridized carbons (Fsp3) is 0.625. The molecule has 0 aliphatic carbocycles. The summed E-state index contributed by atoms with van der Waals surface area (Å²) in [6.45, 7) is 7.03. The Bertz CT molecular complexity index is 798. The maximum atomic E-state index is 13.2. The van der Waals surface area contributed by atoms with Gasteiger partial charge in [-0.1, -0.05) is 29.8 Å². The Balaban J connectivity index is 1.43. The first-order chi connectivity index (χ1) is 14.4. The van der Waals surface area contributed by atoms with Crippen LogP contribution in [0.5, 0.6) is 0 Å². The lowest BCUT2D eigenvalue weighted by molar-refractivity contribution is -0.140. The van der Waals surface area contributed by atoms with Crippen LogP contribution >= 0.6 is 0 Å². The summed E-state index contributed by atoms with van der Waals surface area (Å²) in [7, 11) is 0. The third-order valence-electron chi connectivity index (χ3n) is 7.17. The SMILES string of the molecule is CC(=O)N1CCC(C(=O)N2C[C@H]3CCCC(=O)N(Cc4ccc(C)cc4)[C@H]3C2)CC1. The third kappa shape index (κ3) is 4.37. The number of piperidine rings is 1. The van der Waals surface area contributed by atoms with E-state index in [1.165, 1.54) is 5.56 Å². The number of likely N-dealkylation sites (tertiary alicyclic amines) is 3. The Morgan fingerprint density at radius 1 is 1.00 bits per heavy atom. The minimum Gasteiger partial charge on any atom is -0.343 e. The first-order valence-corrected chi connectivity index (χ1v) is 11.3. The van der Waals surface area contributed by atoms with E-state index in [4.69, 9.17) is 0 Å². The Morgan fingerprint density at radius 2 is 1.70 bits per heavy atom. The molecule has 1 aromatic carbocycles. The zero-order valence-electron chi connectivity index (χ0n) is 18.2. The molecule has 0 aromatic heterocycles. The second-order valence-electron chi connectivity index (χ2n) is 9.25. The molecule has 2 atom stereocenters. The van der Waals surface area contributed by atoms with Gasteiger partial charge in [0, 0.05) is 52.0 Å². The predicted octanol–water partition coefficient (Wildman–Crippen LogP) is 2.59. The second kappa shape index (κ2) is 8.78. The van der Waals surface area contributed by atoms with Crippen molar-refractivity contribution >= 4 is 17.7 Å². The van der Waals surface area contributed by atoms with Gasteiger partial charge in [-0.15, -0.1) is 0 Å². The topological polar surface area (TPSA) is 60.9 Å². The number of aryl methyl sites for hydroxylation is 1. The molecule has 0 bridgehead atoms. The highest BCUT2D eigenvalue weighted by molar-refractivity contribution is 5.81. The molecule has 6 nitrogen and oxygen atoms in total. The molecule has 0 radical (unpaired) electrons. The standard InChI is InChI=1S/C24H33N3O3/c1-17-6-8-19(9-7-17)14-27-22-16-26(15-21(22)4-3-5-23(27)29)24(30)20-10-12-25(13-11-20)18(2)28/h6-9,20-22H,3-5,10-16H2,1-2H3/t21-,22+/m1/s1. The molecule has 6 heteroatoms. The number of amides is 3. The Kier molecular flexibility index (Phi) is 6.11. The van der Waals surface area contributed by atoms with E-state index in [1.54, 1.807) is 6.92 Å². The van der Waals surface area contributed by atoms with Crippen LogP contribution in [0, 0.1) is 18.8 Å². The molecule has 3 amide bonds. The lowest BCUT2D eigenvalue weighted by atomic mass is 9.95. The summed E-state index contributed by atoms with van der Waals surface area (Å²) >= 11 is 0. The second-order valence-corrected chi connectivity index (χ2v) is 9.25. The maximum absolute atomic E-state index is 13.2. The van der Waals surface area contributed by atoms with Crippen molar-refractivity contribution in [2.75, 3.05) is 26.2 Å². The average Bonchev–Trinajstić information content (AvgIpc) is 3.10. The van der Waals surface area contributed by atoms with Crippen molar-refractivity contribution in [2.45, 2.75) is 58.5 Å². The highest BCUT2D eigenvalue weighted by atomic mass is 16.2. The largest absolute Gasteiger partial charge is 0.343 e. The summed E-state index contributed by atoms with van der Waals surface area (Å²) in [6, 6.07) is 8.49. The monoisotopic (exact) mass is 411 g/mol. The molecule has 162 valence electrons. The number of hydrogen-bond donors (Lipinski definition) is 0. The van der Waals surface area contributed by atoms with Crippen LogP contribution in [0.25, 0.3) is 0 Å². The summed E-state index contributed by atoms with van der Waals surface area (Å²) in [5.41, 5.74) is 2.36. The third-order valence-corrected chi connectivity index (χ3v) is 7.17. The number of fused-ring (bicyclic) bond motifs is 1. The van der Waals surface area contributed by atoms with E-state index >= 15 is 0 Å². The van der Waals surface area contributed by atoms with Gasteiger partial charge in [0.25, 0.3) is 0 Å². The fourth-order valence-corrected chi connectivity index (χ4v) is 5.31. The molecule has 3 heterocycles. The van der Waals surface area contributed by atoms with Gasteiger partial charge < -0.3 is 14.7 Å². The van der Waals surface area contributed by atoms with Crippen molar-refractivity contribution in [3.05, 3.63) is 35.4 Å². The van der Waals surface area contributed by atoms with Gasteiger partial charge in [0.15, 0.2) is 0 Å². The number of benzene rings is 1. The van der Waals surface area contributed by atoms with Gasteiger partial charge in [-0.3, -0.25) is 14.4 Å². The van der Waals surface area contributed by atoms with Crippen LogP contribution in [0.2, 0.25) is 0 Å². The smallest absolute Gasteiger partial charge is 0.225 e. The van der Waals surface area contributed by atoms with E-state index in [1.807, 2.05) is 14.7 Å². The van der Waals surface area contributed by atoms with E-state index in [0.717, 1.165) is 37.8 Å². The highest BCUT2D eigenvalue weighted by Gasteiger charge is 2.43. The summed E-state index contributed by atoms with van der Waals surface area (Å²) in [5.74, 6) is 0.892. The molecule has 0 N–H and O–H groups in total. The van der Waals surface area contributed by atoms with Gasteiger partial charge in [0.1, 0.15) is 0 Å². The van der Waals surface area contributed by atoms with E-state index in [0.29, 0.717) is 38.5 Å². The molecule has 3 saturated heterocycles. The Labute approximate surface area is 179 Å². The molecule has 3 aliphatic heterocycles. The van der Waals surface area contributed by atoms with Crippen LogP contribution in [-0.4, -0.2) is 64.6 Å². The van der Waals surface area contributed by atoms with Crippen molar-refractivity contribution in [1.82, 2.24) is 14.7 Å². The highest BCUT2D eigenvalue weighted by Crippen LogP contribution is 2.33. The van der Waals surface area contributed by atoms with Crippen LogP contribution in [0.15, 0.2) is 24.3 Å². The lowest BCUT2D eigenvalue weighted by Crippen LogP contribution is -2.45. The molecule has 4 rings (SSSR count). The van der Waals surface area contributed by atoms with Crippen molar-refractivity contribution in [3.8, 4) is 0 Å². The first-order valence-electron chi connectivity index (χ1n) is 11.3. The molecule has 0 unspecified atom stereocenters. The fourth-order valence-electron chi connectivity index (χ4n) is 5.31. The molecule has 3 fully saturated rings. The minimum atomic E-state index is 0.00388. The molecule has 0 spiro atoms. The van der Waals surface area contributed by atoms with E-state index in [2.05, 4.69) is 31.2 Å². The van der Waals surface area contributed by atoms with Gasteiger partial charge in [0.2, 0.25) is 17.7 Å². The van der Waals surface area contributed by atoms with Gasteiger partial charge >= 0.3 is 0 Å². The van der Waals surface area contributed by atoms with Gasteiger partial charge in [-0.25, -0.2) is 0 Å². The van der Waals surface area contributed by atoms with Crippen LogP contribution in [0.1, 0.15) is 50.2 Å². The van der Waals surface area contributed by atoms with Crippen LogP contribution in [-0.2, 0) is 20.9 Å². The van der Waals surface area contributed by atoms with Gasteiger partial charge in [-0.2, -0.15) is 0 Å². The number of rotatable bonds is 3. The van der Waals surface area contributed by atoms with Crippen LogP contribution in [0.4, 0.5) is 0 Å². The van der Waals surface area contributed by atoms with Gasteiger partial charge in [0.05, 0.1) is 6.04 Å². The van der Waals surface area contributed by atoms with Crippen LogP contribution < -0.4 is 0 Å². The number of nitrogens with zero attached hydrogens (tertiary/aromatic N) is 3. The normalized spacial score (nSPS) is 25.3. The van der Waals surface area contributed by atoms with Crippen molar-refractivity contribution in [2.24, 2.45) is 11.8 Å². The molecule has 30 heavy (non-hydrogen) atoms. The molecular formula is C24H33N3O3. The zero-order chi connectivity index (χ0) is 21.3. The average molecular weight is 412 g/mol. The molecule has 3 aliphatic rings. The molecular weight excluding hydrogens is 378 g/mol. The molecule has 1 aromatic rings. The first kappa shape index (κ1) is 20.9. The number of carbonyl (C=O) groups is 3. The van der Waals surface area contributed by atoms with Crippen LogP contribution in [0.3, 0.4) is 0 Å². The van der Waals surface area contributed by atoms with Crippen molar-refractivity contribution in [1.29, 1.82) is 0 Å². The Morgan fingerprint density at radius 3 is 2.37 bits per heavy atom. The zero-order valence-corrected chi connectivity index (χ0v) is 18.2. The summed E-state index contributed by atoms with van der Waals surface area (Å²) in [5, 5.41) is 0. The van der Waals surface area contributed by atoms with Crippen molar-refractivity contribution in [3.63, 3.8) is 0 Å². The summed E-state index contributed by atoms with van der Waals surface area (Å²) in [4.78, 5) is 43.5. The molecule has 0 saturated carbocycles. The van der Waals surface area contributed by atoms with Gasteiger partial charge in [-0.05, 0) is 44.1 Å². The number of hydrogen-bond acceptors (Lipinski definition) is 3. The quantitative estimate of drug-likeness (QED) is 0.768. The summed E-state index contributed by atoms with van der Waals surface area (Å²) < 4.78 is 0. The maximum Gasteiger partial charge on any atom is 0.225 e. The van der Waals surface area contributed by atoms with E-state index < -0.39 is 0 Å². The van der Waals surface area contributed by atoms with E-state index in [9.17, 15) is 14.4 Å². The lowest BCUT2D eigenvalue weighted by Gasteiger charge is -2.33.